The minimum absolute atomic E-state index is 0.155. The van der Waals surface area contributed by atoms with Gasteiger partial charge in [0.05, 0.1) is 12.9 Å². The van der Waals surface area contributed by atoms with E-state index in [-0.39, 0.29) is 17.7 Å². The molecule has 1 aromatic rings. The van der Waals surface area contributed by atoms with E-state index in [4.69, 9.17) is 16.3 Å². The van der Waals surface area contributed by atoms with E-state index in [1.54, 1.807) is 30.1 Å². The molecule has 0 heterocycles. The third-order valence-corrected chi connectivity index (χ3v) is 6.15. The summed E-state index contributed by atoms with van der Waals surface area (Å²) in [6.07, 6.45) is 5.27. The Labute approximate surface area is 148 Å². The number of benzene rings is 1. The zero-order valence-corrected chi connectivity index (χ0v) is 15.7. The van der Waals surface area contributed by atoms with Crippen LogP contribution >= 0.6 is 11.6 Å². The molecule has 0 atom stereocenters. The molecule has 0 unspecified atom stereocenters. The van der Waals surface area contributed by atoms with Crippen LogP contribution in [0.15, 0.2) is 18.2 Å². The van der Waals surface area contributed by atoms with E-state index in [0.29, 0.717) is 16.3 Å². The van der Waals surface area contributed by atoms with Gasteiger partial charge in [-0.05, 0) is 31.0 Å². The van der Waals surface area contributed by atoms with Gasteiger partial charge in [-0.2, -0.15) is 0 Å². The van der Waals surface area contributed by atoms with Gasteiger partial charge in [-0.25, -0.2) is 8.42 Å². The topological polar surface area (TPSA) is 63.7 Å². The molecule has 0 N–H and O–H groups in total. The lowest BCUT2D eigenvalue weighted by atomic mass is 9.94. The van der Waals surface area contributed by atoms with Gasteiger partial charge < -0.3 is 9.64 Å². The zero-order valence-electron chi connectivity index (χ0n) is 14.1. The molecule has 1 fully saturated rings. The summed E-state index contributed by atoms with van der Waals surface area (Å²) < 4.78 is 30.0. The van der Waals surface area contributed by atoms with Gasteiger partial charge in [0, 0.05) is 23.7 Å². The number of ether oxygens (including phenoxy) is 1. The predicted molar refractivity (Wildman–Crippen MR) is 95.1 cm³/mol. The molecule has 0 spiro atoms. The highest BCUT2D eigenvalue weighted by Gasteiger charge is 2.26. The van der Waals surface area contributed by atoms with Gasteiger partial charge in [-0.15, -0.1) is 0 Å². The summed E-state index contributed by atoms with van der Waals surface area (Å²) in [5.41, 5.74) is 0.470. The molecule has 1 aromatic carbocycles. The average molecular weight is 374 g/mol. The molecule has 1 amide bonds. The first-order valence-corrected chi connectivity index (χ1v) is 10.3. The molecular weight excluding hydrogens is 350 g/mol. The largest absolute Gasteiger partial charge is 0.496 e. The van der Waals surface area contributed by atoms with Gasteiger partial charge >= 0.3 is 0 Å². The molecule has 24 heavy (non-hydrogen) atoms. The molecule has 0 bridgehead atoms. The summed E-state index contributed by atoms with van der Waals surface area (Å²) in [4.78, 5) is 14.0. The molecule has 7 heteroatoms. The fraction of sp³-hybridized carbons (Fsp3) is 0.588. The maximum absolute atomic E-state index is 12.4. The number of carbonyl (C=O) groups is 1. The molecule has 0 saturated heterocycles. The number of sulfone groups is 1. The highest BCUT2D eigenvalue weighted by Crippen LogP contribution is 2.25. The van der Waals surface area contributed by atoms with Crippen molar-refractivity contribution in [3.8, 4) is 5.75 Å². The Bertz CT molecular complexity index is 684. The molecule has 134 valence electrons. The van der Waals surface area contributed by atoms with E-state index in [2.05, 4.69) is 0 Å². The number of amides is 1. The maximum Gasteiger partial charge on any atom is 0.237 e. The molecule has 0 radical (unpaired) electrons. The molecular formula is C17H24ClNO4S. The predicted octanol–water partition coefficient (Wildman–Crippen LogP) is 3.05. The number of methoxy groups -OCH3 is 1. The molecule has 1 aliphatic carbocycles. The van der Waals surface area contributed by atoms with Crippen LogP contribution in [0.4, 0.5) is 0 Å². The lowest BCUT2D eigenvalue weighted by Crippen LogP contribution is -2.41. The van der Waals surface area contributed by atoms with Crippen LogP contribution in [0.3, 0.4) is 0 Å². The van der Waals surface area contributed by atoms with E-state index in [0.717, 1.165) is 25.7 Å². The van der Waals surface area contributed by atoms with Gasteiger partial charge in [-0.3, -0.25) is 4.79 Å². The van der Waals surface area contributed by atoms with Gasteiger partial charge in [-0.1, -0.05) is 30.9 Å². The van der Waals surface area contributed by atoms with Crippen molar-refractivity contribution < 1.29 is 17.9 Å². The monoisotopic (exact) mass is 373 g/mol. The number of rotatable bonds is 6. The van der Waals surface area contributed by atoms with Crippen molar-refractivity contribution in [1.82, 2.24) is 4.90 Å². The summed E-state index contributed by atoms with van der Waals surface area (Å²) in [7, 11) is -0.421. The fourth-order valence-electron chi connectivity index (χ4n) is 3.11. The Hall–Kier alpha value is -1.27. The van der Waals surface area contributed by atoms with Crippen LogP contribution in [0.1, 0.15) is 37.7 Å². The van der Waals surface area contributed by atoms with Crippen molar-refractivity contribution in [2.75, 3.05) is 19.9 Å². The minimum Gasteiger partial charge on any atom is -0.496 e. The van der Waals surface area contributed by atoms with Crippen molar-refractivity contribution >= 4 is 27.3 Å². The Morgan fingerprint density at radius 1 is 1.29 bits per heavy atom. The van der Waals surface area contributed by atoms with Crippen molar-refractivity contribution in [2.24, 2.45) is 0 Å². The van der Waals surface area contributed by atoms with Gasteiger partial charge in [0.25, 0.3) is 0 Å². The fourth-order valence-corrected chi connectivity index (χ4v) is 4.69. The first-order valence-electron chi connectivity index (χ1n) is 8.11. The van der Waals surface area contributed by atoms with Crippen molar-refractivity contribution in [3.63, 3.8) is 0 Å². The Balaban J connectivity index is 2.05. The number of hydrogen-bond acceptors (Lipinski definition) is 4. The third kappa shape index (κ3) is 5.11. The first-order chi connectivity index (χ1) is 11.3. The normalized spacial score (nSPS) is 16.0. The lowest BCUT2D eigenvalue weighted by Gasteiger charge is -2.31. The average Bonchev–Trinajstić information content (AvgIpc) is 2.54. The van der Waals surface area contributed by atoms with Gasteiger partial charge in [0.1, 0.15) is 11.5 Å². The quantitative estimate of drug-likeness (QED) is 0.768. The van der Waals surface area contributed by atoms with E-state index < -0.39 is 15.6 Å². The SMILES string of the molecule is COc1ccc(Cl)cc1CS(=O)(=O)CC(=O)N(C)C1CCCCC1. The highest BCUT2D eigenvalue weighted by molar-refractivity contribution is 7.91. The molecule has 1 aliphatic rings. The van der Waals surface area contributed by atoms with Crippen LogP contribution in [-0.4, -0.2) is 45.2 Å². The summed E-state index contributed by atoms with van der Waals surface area (Å²) in [6.45, 7) is 0. The van der Waals surface area contributed by atoms with Crippen molar-refractivity contribution in [3.05, 3.63) is 28.8 Å². The molecule has 0 aliphatic heterocycles. The van der Waals surface area contributed by atoms with E-state index in [9.17, 15) is 13.2 Å². The van der Waals surface area contributed by atoms with Gasteiger partial charge in [0.2, 0.25) is 5.91 Å². The van der Waals surface area contributed by atoms with Gasteiger partial charge in [0.15, 0.2) is 9.84 Å². The lowest BCUT2D eigenvalue weighted by molar-refractivity contribution is -0.129. The molecule has 0 aromatic heterocycles. The molecule has 1 saturated carbocycles. The van der Waals surface area contributed by atoms with Crippen LogP contribution in [0, 0.1) is 0 Å². The van der Waals surface area contributed by atoms with Crippen LogP contribution in [-0.2, 0) is 20.4 Å². The summed E-state index contributed by atoms with van der Waals surface area (Å²) in [6, 6.07) is 4.98. The van der Waals surface area contributed by atoms with E-state index >= 15 is 0 Å². The number of nitrogens with zero attached hydrogens (tertiary/aromatic N) is 1. The second-order valence-electron chi connectivity index (χ2n) is 6.28. The second kappa shape index (κ2) is 8.21. The maximum atomic E-state index is 12.4. The van der Waals surface area contributed by atoms with E-state index in [1.165, 1.54) is 13.5 Å². The van der Waals surface area contributed by atoms with Crippen molar-refractivity contribution in [1.29, 1.82) is 0 Å². The second-order valence-corrected chi connectivity index (χ2v) is 8.79. The van der Waals surface area contributed by atoms with Crippen LogP contribution in [0.5, 0.6) is 5.75 Å². The van der Waals surface area contributed by atoms with Crippen LogP contribution < -0.4 is 4.74 Å². The Kier molecular flexibility index (Phi) is 6.52. The van der Waals surface area contributed by atoms with Crippen LogP contribution in [0.2, 0.25) is 5.02 Å². The number of hydrogen-bond donors (Lipinski definition) is 0. The number of halogens is 1. The first kappa shape index (κ1) is 19.1. The molecule has 2 rings (SSSR count). The Morgan fingerprint density at radius 2 is 1.96 bits per heavy atom. The van der Waals surface area contributed by atoms with Crippen molar-refractivity contribution in [2.45, 2.75) is 43.9 Å². The Morgan fingerprint density at radius 3 is 2.58 bits per heavy atom. The summed E-state index contributed by atoms with van der Waals surface area (Å²) in [5.74, 6) is -0.643. The smallest absolute Gasteiger partial charge is 0.237 e. The minimum atomic E-state index is -3.60. The summed E-state index contributed by atoms with van der Waals surface area (Å²) in [5, 5.41) is 0.437. The summed E-state index contributed by atoms with van der Waals surface area (Å²) >= 11 is 5.93. The number of carbonyl (C=O) groups excluding carboxylic acids is 1. The third-order valence-electron chi connectivity index (χ3n) is 4.48. The highest BCUT2D eigenvalue weighted by atomic mass is 35.5. The van der Waals surface area contributed by atoms with Crippen LogP contribution in [0.25, 0.3) is 0 Å². The zero-order chi connectivity index (χ0) is 17.7. The standard InChI is InChI=1S/C17H24ClNO4S/c1-19(15-6-4-3-5-7-15)17(20)12-24(21,22)11-13-10-14(18)8-9-16(13)23-2/h8-10,15H,3-7,11-12H2,1-2H3. The van der Waals surface area contributed by atoms with E-state index in [1.807, 2.05) is 0 Å². The molecule has 5 nitrogen and oxygen atoms in total.